The van der Waals surface area contributed by atoms with Crippen molar-refractivity contribution in [1.82, 2.24) is 0 Å². The third-order valence-corrected chi connectivity index (χ3v) is 6.98. The predicted octanol–water partition coefficient (Wildman–Crippen LogP) is 8.82. The zero-order valence-electron chi connectivity index (χ0n) is 19.0. The zero-order valence-corrected chi connectivity index (χ0v) is 23.1. The van der Waals surface area contributed by atoms with Crippen molar-refractivity contribution in [1.29, 1.82) is 0 Å². The second-order valence-electron chi connectivity index (χ2n) is 8.59. The number of fused-ring (bicyclic) bond motifs is 3. The van der Waals surface area contributed by atoms with Gasteiger partial charge in [-0.05, 0) is 54.0 Å². The molecule has 0 aromatic heterocycles. The van der Waals surface area contributed by atoms with Crippen LogP contribution in [0.4, 0.5) is 0 Å². The van der Waals surface area contributed by atoms with Crippen LogP contribution in [0.3, 0.4) is 0 Å². The molecule has 3 heteroatoms. The minimum absolute atomic E-state index is 0. The van der Waals surface area contributed by atoms with Crippen LogP contribution in [-0.4, -0.2) is 0 Å². The van der Waals surface area contributed by atoms with Gasteiger partial charge in [0.1, 0.15) is 0 Å². The third-order valence-electron chi connectivity index (χ3n) is 6.98. The van der Waals surface area contributed by atoms with E-state index in [1.807, 2.05) is 0 Å². The normalized spacial score (nSPS) is 15.4. The number of allylic oxidation sites excluding steroid dienone is 5. The summed E-state index contributed by atoms with van der Waals surface area (Å²) in [4.78, 5) is 0. The first-order chi connectivity index (χ1) is 14.8. The maximum Gasteiger partial charge on any atom is 0.0280 e. The summed E-state index contributed by atoms with van der Waals surface area (Å²) < 4.78 is 0. The van der Waals surface area contributed by atoms with E-state index < -0.39 is 0 Å². The molecule has 0 radical (unpaired) electrons. The largest absolute Gasteiger partial charge is 0.147 e. The quantitative estimate of drug-likeness (QED) is 0.268. The molecule has 5 rings (SSSR count). The second kappa shape index (κ2) is 11.7. The van der Waals surface area contributed by atoms with E-state index in [0.717, 1.165) is 19.3 Å². The van der Waals surface area contributed by atoms with E-state index in [0.29, 0.717) is 5.92 Å². The number of halogens is 2. The molecule has 2 aliphatic carbocycles. The molecule has 0 bridgehead atoms. The summed E-state index contributed by atoms with van der Waals surface area (Å²) in [5.74, 6) is 0.304. The summed E-state index contributed by atoms with van der Waals surface area (Å²) in [5, 5.41) is 0. The Labute approximate surface area is 229 Å². The standard InChI is InChI=1S/C30H28.2ClH.Zr/c1-3-4-20-30(23-12-6-5-7-13-23,24-19-18-22(2)21-24)29-27-16-10-8-14-25(27)26-15-9-11-17-28(26)29;;;/h3,5-18,21,29H,1,4,19-20H2,2H3;2*1H;. The van der Waals surface area contributed by atoms with Gasteiger partial charge >= 0.3 is 0 Å². The Morgan fingerprint density at radius 2 is 1.39 bits per heavy atom. The molecule has 0 heterocycles. The van der Waals surface area contributed by atoms with Gasteiger partial charge in [0.15, 0.2) is 0 Å². The van der Waals surface area contributed by atoms with Crippen LogP contribution in [0.25, 0.3) is 11.1 Å². The molecule has 3 aromatic rings. The van der Waals surface area contributed by atoms with Crippen LogP contribution in [0.1, 0.15) is 48.8 Å². The Balaban J connectivity index is 0.00000128. The van der Waals surface area contributed by atoms with Gasteiger partial charge in [0, 0.05) is 37.5 Å². The number of rotatable bonds is 6. The van der Waals surface area contributed by atoms with Crippen LogP contribution in [0.2, 0.25) is 0 Å². The van der Waals surface area contributed by atoms with Gasteiger partial charge in [0.2, 0.25) is 0 Å². The van der Waals surface area contributed by atoms with E-state index in [1.165, 1.54) is 39.0 Å². The fraction of sp³-hybridized carbons (Fsp3) is 0.200. The van der Waals surface area contributed by atoms with Crippen LogP contribution >= 0.6 is 24.8 Å². The van der Waals surface area contributed by atoms with Gasteiger partial charge in [-0.1, -0.05) is 108 Å². The number of hydrogen-bond donors (Lipinski definition) is 0. The summed E-state index contributed by atoms with van der Waals surface area (Å²) >= 11 is 0. The SMILES string of the molecule is C=CCCC(C1=CC(C)=CC1)(c1ccccc1)C1c2ccccc2-c2ccccc21.Cl.Cl.[Zr]. The molecule has 33 heavy (non-hydrogen) atoms. The van der Waals surface area contributed by atoms with Crippen LogP contribution in [0, 0.1) is 0 Å². The van der Waals surface area contributed by atoms with E-state index in [9.17, 15) is 0 Å². The van der Waals surface area contributed by atoms with E-state index in [-0.39, 0.29) is 56.4 Å². The van der Waals surface area contributed by atoms with Crippen molar-refractivity contribution in [2.45, 2.75) is 37.5 Å². The minimum Gasteiger partial charge on any atom is -0.147 e. The van der Waals surface area contributed by atoms with Crippen molar-refractivity contribution in [2.24, 2.45) is 0 Å². The average molecular weight is 553 g/mol. The van der Waals surface area contributed by atoms with Gasteiger partial charge < -0.3 is 0 Å². The molecule has 1 atom stereocenters. The first-order valence-corrected chi connectivity index (χ1v) is 11.0. The van der Waals surface area contributed by atoms with Crippen molar-refractivity contribution in [3.63, 3.8) is 0 Å². The summed E-state index contributed by atoms with van der Waals surface area (Å²) in [5.41, 5.74) is 9.92. The molecule has 0 saturated carbocycles. The predicted molar refractivity (Wildman–Crippen MR) is 142 cm³/mol. The summed E-state index contributed by atoms with van der Waals surface area (Å²) in [6, 6.07) is 29.2. The molecule has 0 spiro atoms. The fourth-order valence-electron chi connectivity index (χ4n) is 5.71. The summed E-state index contributed by atoms with van der Waals surface area (Å²) in [6.07, 6.45) is 9.99. The molecule has 0 amide bonds. The van der Waals surface area contributed by atoms with Gasteiger partial charge in [0.25, 0.3) is 0 Å². The molecule has 2 aliphatic rings. The van der Waals surface area contributed by atoms with E-state index in [4.69, 9.17) is 0 Å². The smallest absolute Gasteiger partial charge is 0.0280 e. The Kier molecular flexibility index (Phi) is 9.74. The van der Waals surface area contributed by atoms with Crippen molar-refractivity contribution in [2.75, 3.05) is 0 Å². The van der Waals surface area contributed by atoms with Crippen molar-refractivity contribution in [3.05, 3.63) is 132 Å². The molecule has 0 fully saturated rings. The summed E-state index contributed by atoms with van der Waals surface area (Å²) in [6.45, 7) is 6.31. The topological polar surface area (TPSA) is 0 Å². The van der Waals surface area contributed by atoms with Crippen LogP contribution in [0.5, 0.6) is 0 Å². The summed E-state index contributed by atoms with van der Waals surface area (Å²) in [7, 11) is 0. The zero-order chi connectivity index (χ0) is 20.6. The van der Waals surface area contributed by atoms with Crippen molar-refractivity contribution < 1.29 is 26.2 Å². The van der Waals surface area contributed by atoms with Crippen molar-refractivity contribution >= 4 is 24.8 Å². The monoisotopic (exact) mass is 550 g/mol. The molecule has 0 nitrogen and oxygen atoms in total. The Morgan fingerprint density at radius 1 is 0.848 bits per heavy atom. The first-order valence-electron chi connectivity index (χ1n) is 11.0. The molecular formula is C30H30Cl2Zr. The Bertz CT molecular complexity index is 1120. The maximum atomic E-state index is 4.08. The van der Waals surface area contributed by atoms with Gasteiger partial charge in [-0.15, -0.1) is 31.4 Å². The van der Waals surface area contributed by atoms with Gasteiger partial charge in [0.05, 0.1) is 0 Å². The number of hydrogen-bond acceptors (Lipinski definition) is 0. The average Bonchev–Trinajstić information content (AvgIpc) is 3.38. The van der Waals surface area contributed by atoms with Crippen LogP contribution in [0.15, 0.2) is 115 Å². The van der Waals surface area contributed by atoms with Crippen molar-refractivity contribution in [3.8, 4) is 11.1 Å². The molecule has 3 aromatic carbocycles. The fourth-order valence-corrected chi connectivity index (χ4v) is 5.71. The molecule has 0 N–H and O–H groups in total. The first kappa shape index (κ1) is 27.6. The van der Waals surface area contributed by atoms with Gasteiger partial charge in [-0.25, -0.2) is 0 Å². The molecular weight excluding hydrogens is 522 g/mol. The Hall–Kier alpha value is -1.66. The van der Waals surface area contributed by atoms with Crippen LogP contribution in [-0.2, 0) is 31.6 Å². The van der Waals surface area contributed by atoms with Crippen LogP contribution < -0.4 is 0 Å². The van der Waals surface area contributed by atoms with E-state index in [2.05, 4.69) is 111 Å². The molecule has 0 saturated heterocycles. The molecule has 168 valence electrons. The maximum absolute atomic E-state index is 4.08. The van der Waals surface area contributed by atoms with Gasteiger partial charge in [-0.2, -0.15) is 0 Å². The van der Waals surface area contributed by atoms with E-state index in [1.54, 1.807) is 0 Å². The molecule has 1 unspecified atom stereocenters. The molecule has 0 aliphatic heterocycles. The van der Waals surface area contributed by atoms with Gasteiger partial charge in [-0.3, -0.25) is 0 Å². The second-order valence-corrected chi connectivity index (χ2v) is 8.59. The Morgan fingerprint density at radius 3 is 1.91 bits per heavy atom. The number of benzene rings is 3. The van der Waals surface area contributed by atoms with E-state index >= 15 is 0 Å². The minimum atomic E-state index is -0.0909. The third kappa shape index (κ3) is 4.66.